The van der Waals surface area contributed by atoms with E-state index in [2.05, 4.69) is 10.2 Å². The van der Waals surface area contributed by atoms with Crippen LogP contribution in [0.15, 0.2) is 18.2 Å². The van der Waals surface area contributed by atoms with Crippen LogP contribution in [-0.4, -0.2) is 44.8 Å². The average molecular weight is 317 g/mol. The number of likely N-dealkylation sites (tertiary alicyclic amines) is 1. The van der Waals surface area contributed by atoms with E-state index in [9.17, 15) is 0 Å². The van der Waals surface area contributed by atoms with Crippen LogP contribution in [0.4, 0.5) is 0 Å². The van der Waals surface area contributed by atoms with Crippen molar-refractivity contribution < 1.29 is 4.74 Å². The molecule has 1 aliphatic heterocycles. The number of halogens is 2. The molecule has 2 rings (SSSR count). The zero-order chi connectivity index (χ0) is 14.5. The van der Waals surface area contributed by atoms with Gasteiger partial charge in [-0.2, -0.15) is 0 Å². The highest BCUT2D eigenvalue weighted by atomic mass is 35.5. The minimum absolute atomic E-state index is 0.225. The van der Waals surface area contributed by atoms with Gasteiger partial charge in [0.1, 0.15) is 0 Å². The van der Waals surface area contributed by atoms with E-state index >= 15 is 0 Å². The number of hydrogen-bond acceptors (Lipinski definition) is 3. The van der Waals surface area contributed by atoms with E-state index in [1.807, 2.05) is 25.2 Å². The summed E-state index contributed by atoms with van der Waals surface area (Å²) in [4.78, 5) is 2.44. The molecule has 2 unspecified atom stereocenters. The molecule has 0 aromatic heterocycles. The van der Waals surface area contributed by atoms with Crippen molar-refractivity contribution in [3.8, 4) is 0 Å². The molecule has 1 aromatic carbocycles. The zero-order valence-electron chi connectivity index (χ0n) is 12.0. The Hall–Kier alpha value is -0.320. The number of nitrogens with zero attached hydrogens (tertiary/aromatic N) is 1. The maximum atomic E-state index is 6.30. The van der Waals surface area contributed by atoms with Gasteiger partial charge in [0.15, 0.2) is 0 Å². The van der Waals surface area contributed by atoms with E-state index < -0.39 is 0 Å². The van der Waals surface area contributed by atoms with Crippen LogP contribution in [-0.2, 0) is 4.74 Å². The van der Waals surface area contributed by atoms with Gasteiger partial charge >= 0.3 is 0 Å². The summed E-state index contributed by atoms with van der Waals surface area (Å²) in [6, 6.07) is 6.04. The molecule has 0 bridgehead atoms. The van der Waals surface area contributed by atoms with Gasteiger partial charge in [-0.3, -0.25) is 0 Å². The summed E-state index contributed by atoms with van der Waals surface area (Å²) in [5.41, 5.74) is 1.07. The van der Waals surface area contributed by atoms with Crippen LogP contribution in [0, 0.1) is 0 Å². The molecule has 0 amide bonds. The average Bonchev–Trinajstić information content (AvgIpc) is 2.92. The van der Waals surface area contributed by atoms with Crippen molar-refractivity contribution in [3.63, 3.8) is 0 Å². The van der Waals surface area contributed by atoms with Crippen LogP contribution >= 0.6 is 23.2 Å². The molecule has 0 saturated carbocycles. The summed E-state index contributed by atoms with van der Waals surface area (Å²) in [6.07, 6.45) is 2.52. The third-order valence-electron chi connectivity index (χ3n) is 4.00. The van der Waals surface area contributed by atoms with Crippen molar-refractivity contribution in [2.75, 3.05) is 33.8 Å². The fraction of sp³-hybridized carbons (Fsp3) is 0.600. The van der Waals surface area contributed by atoms with Gasteiger partial charge in [0.2, 0.25) is 0 Å². The van der Waals surface area contributed by atoms with Crippen LogP contribution < -0.4 is 5.32 Å². The molecule has 1 aromatic rings. The standard InChI is InChI=1S/C15H22Cl2N2O/c1-18-14(12-4-3-5-13(16)15(12)17)7-9-19-8-6-11(10-19)20-2/h3-5,11,14,18H,6-10H2,1-2H3. The summed E-state index contributed by atoms with van der Waals surface area (Å²) in [6.45, 7) is 3.17. The van der Waals surface area contributed by atoms with Gasteiger partial charge in [-0.05, 0) is 31.5 Å². The molecule has 1 N–H and O–H groups in total. The highest BCUT2D eigenvalue weighted by molar-refractivity contribution is 6.42. The second-order valence-electron chi connectivity index (χ2n) is 5.22. The maximum absolute atomic E-state index is 6.30. The molecule has 0 spiro atoms. The molecule has 1 fully saturated rings. The Morgan fingerprint density at radius 2 is 2.25 bits per heavy atom. The Bertz CT molecular complexity index is 442. The van der Waals surface area contributed by atoms with Crippen molar-refractivity contribution >= 4 is 23.2 Å². The highest BCUT2D eigenvalue weighted by Crippen LogP contribution is 2.31. The van der Waals surface area contributed by atoms with E-state index in [1.165, 1.54) is 0 Å². The summed E-state index contributed by atoms with van der Waals surface area (Å²) in [5.74, 6) is 0. The van der Waals surface area contributed by atoms with Gasteiger partial charge < -0.3 is 15.0 Å². The monoisotopic (exact) mass is 316 g/mol. The van der Waals surface area contributed by atoms with Gasteiger partial charge in [0.25, 0.3) is 0 Å². The Balaban J connectivity index is 1.94. The molecular formula is C15H22Cl2N2O. The Kier molecular flexibility index (Phi) is 6.12. The number of rotatable bonds is 6. The first-order valence-corrected chi connectivity index (χ1v) is 7.77. The molecule has 0 radical (unpaired) electrons. The van der Waals surface area contributed by atoms with E-state index in [0.29, 0.717) is 16.1 Å². The Labute approximate surface area is 131 Å². The Morgan fingerprint density at radius 3 is 2.90 bits per heavy atom. The second-order valence-corrected chi connectivity index (χ2v) is 6.01. The molecule has 3 nitrogen and oxygen atoms in total. The number of hydrogen-bond donors (Lipinski definition) is 1. The topological polar surface area (TPSA) is 24.5 Å². The first-order chi connectivity index (χ1) is 9.65. The smallest absolute Gasteiger partial charge is 0.0710 e. The normalized spacial score (nSPS) is 21.3. The number of methoxy groups -OCH3 is 1. The minimum Gasteiger partial charge on any atom is -0.380 e. The largest absolute Gasteiger partial charge is 0.380 e. The van der Waals surface area contributed by atoms with E-state index in [4.69, 9.17) is 27.9 Å². The van der Waals surface area contributed by atoms with Gasteiger partial charge in [-0.1, -0.05) is 35.3 Å². The summed E-state index contributed by atoms with van der Waals surface area (Å²) >= 11 is 12.4. The molecular weight excluding hydrogens is 295 g/mol. The predicted molar refractivity (Wildman–Crippen MR) is 84.7 cm³/mol. The van der Waals surface area contributed by atoms with Crippen LogP contribution in [0.2, 0.25) is 10.0 Å². The zero-order valence-corrected chi connectivity index (χ0v) is 13.5. The third kappa shape index (κ3) is 3.86. The number of benzene rings is 1. The van der Waals surface area contributed by atoms with E-state index in [0.717, 1.165) is 38.0 Å². The van der Waals surface area contributed by atoms with Gasteiger partial charge in [0.05, 0.1) is 16.1 Å². The molecule has 1 heterocycles. The summed E-state index contributed by atoms with van der Waals surface area (Å²) in [7, 11) is 3.75. The molecule has 5 heteroatoms. The van der Waals surface area contributed by atoms with E-state index in [1.54, 1.807) is 7.11 Å². The van der Waals surface area contributed by atoms with Gasteiger partial charge in [-0.25, -0.2) is 0 Å². The van der Waals surface area contributed by atoms with Crippen molar-refractivity contribution in [3.05, 3.63) is 33.8 Å². The maximum Gasteiger partial charge on any atom is 0.0710 e. The molecule has 0 aliphatic carbocycles. The molecule has 2 atom stereocenters. The highest BCUT2D eigenvalue weighted by Gasteiger charge is 2.23. The lowest BCUT2D eigenvalue weighted by atomic mass is 10.0. The SMILES string of the molecule is CNC(CCN1CCC(OC)C1)c1cccc(Cl)c1Cl. The lowest BCUT2D eigenvalue weighted by molar-refractivity contribution is 0.107. The lowest BCUT2D eigenvalue weighted by Crippen LogP contribution is -2.28. The fourth-order valence-corrected chi connectivity index (χ4v) is 3.19. The van der Waals surface area contributed by atoms with Crippen LogP contribution in [0.3, 0.4) is 0 Å². The van der Waals surface area contributed by atoms with Crippen molar-refractivity contribution in [2.45, 2.75) is 25.0 Å². The lowest BCUT2D eigenvalue weighted by Gasteiger charge is -2.22. The molecule has 1 aliphatic rings. The minimum atomic E-state index is 0.225. The van der Waals surface area contributed by atoms with Crippen LogP contribution in [0.5, 0.6) is 0 Å². The van der Waals surface area contributed by atoms with Crippen molar-refractivity contribution in [1.82, 2.24) is 10.2 Å². The fourth-order valence-electron chi connectivity index (χ4n) is 2.75. The van der Waals surface area contributed by atoms with Gasteiger partial charge in [0, 0.05) is 32.8 Å². The second kappa shape index (κ2) is 7.62. The third-order valence-corrected chi connectivity index (χ3v) is 4.84. The van der Waals surface area contributed by atoms with E-state index in [-0.39, 0.29) is 6.04 Å². The summed E-state index contributed by atoms with van der Waals surface area (Å²) in [5, 5.41) is 4.61. The first-order valence-electron chi connectivity index (χ1n) is 7.02. The first kappa shape index (κ1) is 16.1. The quantitative estimate of drug-likeness (QED) is 0.871. The molecule has 20 heavy (non-hydrogen) atoms. The number of nitrogens with one attached hydrogen (secondary N) is 1. The Morgan fingerprint density at radius 1 is 1.45 bits per heavy atom. The predicted octanol–water partition coefficient (Wildman–Crippen LogP) is 3.36. The summed E-state index contributed by atoms with van der Waals surface area (Å²) < 4.78 is 5.40. The van der Waals surface area contributed by atoms with Crippen molar-refractivity contribution in [2.24, 2.45) is 0 Å². The van der Waals surface area contributed by atoms with Crippen LogP contribution in [0.25, 0.3) is 0 Å². The molecule has 1 saturated heterocycles. The number of ether oxygens (including phenoxy) is 1. The van der Waals surface area contributed by atoms with Crippen LogP contribution in [0.1, 0.15) is 24.4 Å². The van der Waals surface area contributed by atoms with Crippen molar-refractivity contribution in [1.29, 1.82) is 0 Å². The van der Waals surface area contributed by atoms with Gasteiger partial charge in [-0.15, -0.1) is 0 Å². The molecule has 112 valence electrons.